The molecule has 18 heavy (non-hydrogen) atoms. The number of nitrogens with zero attached hydrogens (tertiary/aromatic N) is 3. The molecule has 1 aliphatic rings. The lowest BCUT2D eigenvalue weighted by molar-refractivity contribution is 0.174. The molecule has 5 nitrogen and oxygen atoms in total. The Morgan fingerprint density at radius 3 is 2.78 bits per heavy atom. The first kappa shape index (κ1) is 13.5. The second-order valence-electron chi connectivity index (χ2n) is 5.02. The number of hydrogen-bond donors (Lipinski definition) is 1. The molecule has 0 bridgehead atoms. The van der Waals surface area contributed by atoms with Crippen molar-refractivity contribution < 1.29 is 9.52 Å². The molecule has 5 heteroatoms. The van der Waals surface area contributed by atoms with Gasteiger partial charge in [-0.05, 0) is 25.8 Å². The van der Waals surface area contributed by atoms with Crippen molar-refractivity contribution in [2.75, 3.05) is 19.7 Å². The van der Waals surface area contributed by atoms with E-state index in [9.17, 15) is 0 Å². The molecular formula is C13H23N3O2. The van der Waals surface area contributed by atoms with Crippen LogP contribution < -0.4 is 0 Å². The molecule has 1 aromatic rings. The lowest BCUT2D eigenvalue weighted by Gasteiger charge is -2.21. The van der Waals surface area contributed by atoms with Crippen molar-refractivity contribution in [2.45, 2.75) is 51.5 Å². The van der Waals surface area contributed by atoms with Crippen molar-refractivity contribution in [3.05, 3.63) is 11.8 Å². The highest BCUT2D eigenvalue weighted by Crippen LogP contribution is 2.35. The predicted molar refractivity (Wildman–Crippen MR) is 68.2 cm³/mol. The van der Waals surface area contributed by atoms with Gasteiger partial charge in [-0.25, -0.2) is 0 Å². The first-order valence-corrected chi connectivity index (χ1v) is 6.99. The average molecular weight is 253 g/mol. The molecule has 0 aromatic carbocycles. The largest absolute Gasteiger partial charge is 0.424 e. The highest BCUT2D eigenvalue weighted by molar-refractivity contribution is 4.96. The van der Waals surface area contributed by atoms with Gasteiger partial charge >= 0.3 is 0 Å². The number of aromatic nitrogens is 2. The van der Waals surface area contributed by atoms with E-state index in [1.54, 1.807) is 0 Å². The van der Waals surface area contributed by atoms with Crippen LogP contribution in [0.25, 0.3) is 0 Å². The topological polar surface area (TPSA) is 62.4 Å². The van der Waals surface area contributed by atoms with Crippen LogP contribution in [-0.4, -0.2) is 39.9 Å². The van der Waals surface area contributed by atoms with Crippen LogP contribution in [0.5, 0.6) is 0 Å². The summed E-state index contributed by atoms with van der Waals surface area (Å²) in [6.07, 6.45) is 5.91. The summed E-state index contributed by atoms with van der Waals surface area (Å²) in [5, 5.41) is 17.3. The molecule has 1 aliphatic carbocycles. The van der Waals surface area contributed by atoms with Crippen LogP contribution in [0.1, 0.15) is 56.7 Å². The maximum Gasteiger partial charge on any atom is 0.230 e. The van der Waals surface area contributed by atoms with Crippen LogP contribution in [0, 0.1) is 0 Å². The zero-order valence-corrected chi connectivity index (χ0v) is 11.1. The van der Waals surface area contributed by atoms with Gasteiger partial charge in [0.1, 0.15) is 0 Å². The second-order valence-corrected chi connectivity index (χ2v) is 5.02. The van der Waals surface area contributed by atoms with Gasteiger partial charge in [-0.15, -0.1) is 10.2 Å². The molecule has 1 saturated carbocycles. The lowest BCUT2D eigenvalue weighted by atomic mass is 9.85. The van der Waals surface area contributed by atoms with E-state index >= 15 is 0 Å². The van der Waals surface area contributed by atoms with Gasteiger partial charge in [0.05, 0.1) is 13.2 Å². The van der Waals surface area contributed by atoms with Crippen molar-refractivity contribution in [3.8, 4) is 0 Å². The molecule has 0 aliphatic heterocycles. The van der Waals surface area contributed by atoms with Gasteiger partial charge in [0.15, 0.2) is 0 Å². The Hall–Kier alpha value is -0.940. The van der Waals surface area contributed by atoms with Crippen LogP contribution >= 0.6 is 0 Å². The van der Waals surface area contributed by atoms with E-state index in [1.807, 2.05) is 0 Å². The molecule has 1 N–H and O–H groups in total. The normalized spacial score (nSPS) is 16.2. The maximum atomic E-state index is 9.05. The number of aliphatic hydroxyl groups excluding tert-OH is 1. The predicted octanol–water partition coefficient (Wildman–Crippen LogP) is 1.93. The molecule has 0 radical (unpaired) electrons. The van der Waals surface area contributed by atoms with E-state index in [1.165, 1.54) is 19.3 Å². The van der Waals surface area contributed by atoms with Crippen LogP contribution in [-0.2, 0) is 6.54 Å². The maximum absolute atomic E-state index is 9.05. The van der Waals surface area contributed by atoms with Gasteiger partial charge in [0.25, 0.3) is 0 Å². The fourth-order valence-corrected chi connectivity index (χ4v) is 2.14. The van der Waals surface area contributed by atoms with E-state index in [2.05, 4.69) is 22.0 Å². The summed E-state index contributed by atoms with van der Waals surface area (Å²) in [6, 6.07) is 0. The molecular weight excluding hydrogens is 230 g/mol. The summed E-state index contributed by atoms with van der Waals surface area (Å²) in [4.78, 5) is 2.17. The van der Waals surface area contributed by atoms with Crippen molar-refractivity contribution in [3.63, 3.8) is 0 Å². The van der Waals surface area contributed by atoms with Gasteiger partial charge in [0, 0.05) is 12.5 Å². The highest BCUT2D eigenvalue weighted by atomic mass is 16.4. The van der Waals surface area contributed by atoms with E-state index < -0.39 is 0 Å². The smallest absolute Gasteiger partial charge is 0.230 e. The average Bonchev–Trinajstić information content (AvgIpc) is 2.72. The zero-order chi connectivity index (χ0) is 12.8. The van der Waals surface area contributed by atoms with E-state index in [0.717, 1.165) is 25.3 Å². The summed E-state index contributed by atoms with van der Waals surface area (Å²) in [7, 11) is 0. The molecule has 0 amide bonds. The van der Waals surface area contributed by atoms with Crippen molar-refractivity contribution in [2.24, 2.45) is 0 Å². The summed E-state index contributed by atoms with van der Waals surface area (Å²) < 4.78 is 5.70. The Kier molecular flexibility index (Phi) is 5.13. The first-order valence-electron chi connectivity index (χ1n) is 6.99. The molecule has 1 fully saturated rings. The minimum absolute atomic E-state index is 0.174. The SMILES string of the molecule is CCCCN(CCO)Cc1nnc(C2CCC2)o1. The van der Waals surface area contributed by atoms with Gasteiger partial charge < -0.3 is 9.52 Å². The van der Waals surface area contributed by atoms with E-state index in [4.69, 9.17) is 9.52 Å². The quantitative estimate of drug-likeness (QED) is 0.767. The third-order valence-electron chi connectivity index (χ3n) is 3.54. The fraction of sp³-hybridized carbons (Fsp3) is 0.846. The Labute approximate surface area is 108 Å². The molecule has 0 saturated heterocycles. The minimum Gasteiger partial charge on any atom is -0.424 e. The van der Waals surface area contributed by atoms with Crippen LogP contribution in [0.2, 0.25) is 0 Å². The fourth-order valence-electron chi connectivity index (χ4n) is 2.14. The Balaban J connectivity index is 1.86. The number of hydrogen-bond acceptors (Lipinski definition) is 5. The third kappa shape index (κ3) is 3.53. The number of unbranched alkanes of at least 4 members (excludes halogenated alkanes) is 1. The Morgan fingerprint density at radius 1 is 1.33 bits per heavy atom. The Bertz CT molecular complexity index is 350. The van der Waals surface area contributed by atoms with Crippen LogP contribution in [0.4, 0.5) is 0 Å². The Morgan fingerprint density at radius 2 is 2.17 bits per heavy atom. The second kappa shape index (κ2) is 6.85. The summed E-state index contributed by atoms with van der Waals surface area (Å²) in [5.74, 6) is 1.98. The highest BCUT2D eigenvalue weighted by Gasteiger charge is 2.25. The molecule has 0 spiro atoms. The standard InChI is InChI=1S/C13H23N3O2/c1-2-3-7-16(8-9-17)10-12-14-15-13(18-12)11-5-4-6-11/h11,17H,2-10H2,1H3. The summed E-state index contributed by atoms with van der Waals surface area (Å²) in [6.45, 7) is 4.63. The van der Waals surface area contributed by atoms with Crippen molar-refractivity contribution in [1.29, 1.82) is 0 Å². The molecule has 0 atom stereocenters. The molecule has 1 aromatic heterocycles. The zero-order valence-electron chi connectivity index (χ0n) is 11.1. The van der Waals surface area contributed by atoms with Gasteiger partial charge in [-0.3, -0.25) is 4.90 Å². The number of rotatable bonds is 8. The van der Waals surface area contributed by atoms with Gasteiger partial charge in [0.2, 0.25) is 11.8 Å². The monoisotopic (exact) mass is 253 g/mol. The van der Waals surface area contributed by atoms with Crippen molar-refractivity contribution >= 4 is 0 Å². The molecule has 0 unspecified atom stereocenters. The molecule has 2 rings (SSSR count). The summed E-state index contributed by atoms with van der Waals surface area (Å²) >= 11 is 0. The van der Waals surface area contributed by atoms with Gasteiger partial charge in [-0.1, -0.05) is 19.8 Å². The summed E-state index contributed by atoms with van der Waals surface area (Å²) in [5.41, 5.74) is 0. The molecule has 102 valence electrons. The minimum atomic E-state index is 0.174. The van der Waals surface area contributed by atoms with Gasteiger partial charge in [-0.2, -0.15) is 0 Å². The first-order chi connectivity index (χ1) is 8.83. The third-order valence-corrected chi connectivity index (χ3v) is 3.54. The van der Waals surface area contributed by atoms with Crippen molar-refractivity contribution in [1.82, 2.24) is 15.1 Å². The van der Waals surface area contributed by atoms with E-state index in [-0.39, 0.29) is 6.61 Å². The number of aliphatic hydroxyl groups is 1. The van der Waals surface area contributed by atoms with Crippen LogP contribution in [0.3, 0.4) is 0 Å². The van der Waals surface area contributed by atoms with Crippen LogP contribution in [0.15, 0.2) is 4.42 Å². The lowest BCUT2D eigenvalue weighted by Crippen LogP contribution is -2.27. The molecule has 1 heterocycles. The van der Waals surface area contributed by atoms with E-state index in [0.29, 0.717) is 24.9 Å².